The number of ketones is 1. The topological polar surface area (TPSA) is 75.7 Å². The highest BCUT2D eigenvalue weighted by molar-refractivity contribution is 6.07. The Labute approximate surface area is 166 Å². The summed E-state index contributed by atoms with van der Waals surface area (Å²) in [5, 5.41) is 2.97. The molecular weight excluding hydrogens is 356 g/mol. The molecule has 0 spiro atoms. The summed E-state index contributed by atoms with van der Waals surface area (Å²) < 4.78 is 5.52. The maximum absolute atomic E-state index is 12.8. The summed E-state index contributed by atoms with van der Waals surface area (Å²) in [7, 11) is 0. The van der Waals surface area contributed by atoms with Gasteiger partial charge < -0.3 is 15.0 Å². The van der Waals surface area contributed by atoms with Crippen molar-refractivity contribution < 1.29 is 19.1 Å². The fraction of sp³-hybridized carbons (Fsp3) is 0.591. The second-order valence-electron chi connectivity index (χ2n) is 7.82. The number of carbonyl (C=O) groups is 3. The van der Waals surface area contributed by atoms with Crippen LogP contribution in [0, 0.1) is 5.92 Å². The van der Waals surface area contributed by atoms with E-state index in [4.69, 9.17) is 4.74 Å². The van der Waals surface area contributed by atoms with Gasteiger partial charge in [-0.1, -0.05) is 18.2 Å². The predicted octanol–water partition coefficient (Wildman–Crippen LogP) is 2.82. The Morgan fingerprint density at radius 2 is 1.82 bits per heavy atom. The molecule has 0 aliphatic carbocycles. The Bertz CT molecular complexity index is 704. The second kappa shape index (κ2) is 9.82. The number of carbonyl (C=O) groups excluding carboxylic acids is 3. The summed E-state index contributed by atoms with van der Waals surface area (Å²) >= 11 is 0. The van der Waals surface area contributed by atoms with E-state index in [-0.39, 0.29) is 23.7 Å². The van der Waals surface area contributed by atoms with Crippen LogP contribution < -0.4 is 5.32 Å². The Morgan fingerprint density at radius 3 is 2.46 bits per heavy atom. The van der Waals surface area contributed by atoms with Crippen LogP contribution in [-0.2, 0) is 9.53 Å². The Kier molecular flexibility index (Phi) is 7.20. The lowest BCUT2D eigenvalue weighted by molar-refractivity contribution is -0.122. The molecule has 2 heterocycles. The first-order valence-corrected chi connectivity index (χ1v) is 10.3. The molecule has 1 atom stereocenters. The molecule has 2 aliphatic rings. The van der Waals surface area contributed by atoms with E-state index in [1.807, 2.05) is 4.90 Å². The number of benzene rings is 1. The first kappa shape index (κ1) is 20.5. The van der Waals surface area contributed by atoms with Gasteiger partial charge in [0.1, 0.15) is 0 Å². The van der Waals surface area contributed by atoms with Gasteiger partial charge in [-0.2, -0.15) is 0 Å². The zero-order valence-electron chi connectivity index (χ0n) is 16.6. The van der Waals surface area contributed by atoms with Crippen molar-refractivity contribution >= 4 is 17.6 Å². The van der Waals surface area contributed by atoms with Crippen LogP contribution in [0.2, 0.25) is 0 Å². The van der Waals surface area contributed by atoms with Crippen molar-refractivity contribution in [2.45, 2.75) is 51.6 Å². The number of amides is 2. The maximum Gasteiger partial charge on any atom is 0.254 e. The smallest absolute Gasteiger partial charge is 0.254 e. The molecule has 2 saturated heterocycles. The van der Waals surface area contributed by atoms with Crippen molar-refractivity contribution in [1.29, 1.82) is 0 Å². The first-order chi connectivity index (χ1) is 13.5. The molecule has 0 radical (unpaired) electrons. The Morgan fingerprint density at radius 1 is 1.11 bits per heavy atom. The third kappa shape index (κ3) is 5.41. The number of piperidine rings is 1. The van der Waals surface area contributed by atoms with Crippen LogP contribution in [0.4, 0.5) is 0 Å². The Hall–Kier alpha value is -2.21. The van der Waals surface area contributed by atoms with Gasteiger partial charge in [0.25, 0.3) is 5.91 Å². The molecule has 1 N–H and O–H groups in total. The molecule has 152 valence electrons. The summed E-state index contributed by atoms with van der Waals surface area (Å²) in [6.45, 7) is 4.25. The summed E-state index contributed by atoms with van der Waals surface area (Å²) in [5.74, 6) is 0.386. The standard InChI is InChI=1S/C22H30N2O4/c1-16(25)19-6-2-3-7-20(19)22(27)24-12-10-17(11-13-24)8-9-21(26)23-15-18-5-4-14-28-18/h2-3,6-7,17-18H,4-5,8-15H2,1H3,(H,23,26). The minimum absolute atomic E-state index is 0.0708. The van der Waals surface area contributed by atoms with Gasteiger partial charge in [-0.3, -0.25) is 14.4 Å². The number of ether oxygens (including phenoxy) is 1. The normalized spacial score (nSPS) is 20.2. The number of nitrogens with one attached hydrogen (secondary N) is 1. The fourth-order valence-corrected chi connectivity index (χ4v) is 4.03. The van der Waals surface area contributed by atoms with Gasteiger partial charge in [-0.25, -0.2) is 0 Å². The highest BCUT2D eigenvalue weighted by atomic mass is 16.5. The van der Waals surface area contributed by atoms with Crippen LogP contribution in [0.5, 0.6) is 0 Å². The number of Topliss-reactive ketones (excluding diaryl/α,β-unsaturated/α-hetero) is 1. The first-order valence-electron chi connectivity index (χ1n) is 10.3. The second-order valence-corrected chi connectivity index (χ2v) is 7.82. The monoisotopic (exact) mass is 386 g/mol. The summed E-state index contributed by atoms with van der Waals surface area (Å²) in [4.78, 5) is 38.4. The SMILES string of the molecule is CC(=O)c1ccccc1C(=O)N1CCC(CCC(=O)NCC2CCCO2)CC1. The highest BCUT2D eigenvalue weighted by Gasteiger charge is 2.26. The van der Waals surface area contributed by atoms with Crippen molar-refractivity contribution in [3.05, 3.63) is 35.4 Å². The van der Waals surface area contributed by atoms with Crippen LogP contribution in [0.3, 0.4) is 0 Å². The van der Waals surface area contributed by atoms with Crippen molar-refractivity contribution in [2.24, 2.45) is 5.92 Å². The Balaban J connectivity index is 1.41. The van der Waals surface area contributed by atoms with Crippen LogP contribution >= 0.6 is 0 Å². The molecule has 3 rings (SSSR count). The van der Waals surface area contributed by atoms with Crippen LogP contribution in [0.15, 0.2) is 24.3 Å². The number of hydrogen-bond donors (Lipinski definition) is 1. The molecule has 1 aromatic rings. The lowest BCUT2D eigenvalue weighted by Crippen LogP contribution is -2.39. The van der Waals surface area contributed by atoms with E-state index in [1.54, 1.807) is 24.3 Å². The third-order valence-electron chi connectivity index (χ3n) is 5.77. The molecule has 1 aromatic carbocycles. The van der Waals surface area contributed by atoms with Gasteiger partial charge in [0.15, 0.2) is 5.78 Å². The quantitative estimate of drug-likeness (QED) is 0.731. The van der Waals surface area contributed by atoms with Gasteiger partial charge in [-0.05, 0) is 51.0 Å². The van der Waals surface area contributed by atoms with E-state index < -0.39 is 0 Å². The molecule has 2 aliphatic heterocycles. The molecule has 2 amide bonds. The van der Waals surface area contributed by atoms with E-state index in [0.717, 1.165) is 38.7 Å². The minimum Gasteiger partial charge on any atom is -0.376 e. The van der Waals surface area contributed by atoms with Crippen molar-refractivity contribution in [3.63, 3.8) is 0 Å². The third-order valence-corrected chi connectivity index (χ3v) is 5.77. The fourth-order valence-electron chi connectivity index (χ4n) is 4.03. The molecule has 0 bridgehead atoms. The molecule has 0 saturated carbocycles. The maximum atomic E-state index is 12.8. The largest absolute Gasteiger partial charge is 0.376 e. The van der Waals surface area contributed by atoms with Gasteiger partial charge in [-0.15, -0.1) is 0 Å². The van der Waals surface area contributed by atoms with Gasteiger partial charge in [0.2, 0.25) is 5.91 Å². The molecule has 1 unspecified atom stereocenters. The van der Waals surface area contributed by atoms with Crippen molar-refractivity contribution in [3.8, 4) is 0 Å². The summed E-state index contributed by atoms with van der Waals surface area (Å²) in [6, 6.07) is 7.01. The average molecular weight is 386 g/mol. The number of hydrogen-bond acceptors (Lipinski definition) is 4. The molecular formula is C22H30N2O4. The predicted molar refractivity (Wildman–Crippen MR) is 106 cm³/mol. The number of rotatable bonds is 7. The zero-order chi connectivity index (χ0) is 19.9. The van der Waals surface area contributed by atoms with Crippen LogP contribution in [0.1, 0.15) is 66.2 Å². The molecule has 28 heavy (non-hydrogen) atoms. The molecule has 6 nitrogen and oxygen atoms in total. The van der Waals surface area contributed by atoms with E-state index in [1.165, 1.54) is 6.92 Å². The lowest BCUT2D eigenvalue weighted by atomic mass is 9.91. The minimum atomic E-state index is -0.0900. The number of nitrogens with zero attached hydrogens (tertiary/aromatic N) is 1. The van der Waals surface area contributed by atoms with E-state index in [2.05, 4.69) is 5.32 Å². The van der Waals surface area contributed by atoms with Crippen molar-refractivity contribution in [1.82, 2.24) is 10.2 Å². The molecule has 0 aromatic heterocycles. The van der Waals surface area contributed by atoms with Crippen LogP contribution in [-0.4, -0.2) is 54.8 Å². The average Bonchev–Trinajstić information content (AvgIpc) is 3.24. The molecule has 2 fully saturated rings. The van der Waals surface area contributed by atoms with E-state index >= 15 is 0 Å². The highest BCUT2D eigenvalue weighted by Crippen LogP contribution is 2.24. The van der Waals surface area contributed by atoms with Crippen LogP contribution in [0.25, 0.3) is 0 Å². The summed E-state index contributed by atoms with van der Waals surface area (Å²) in [6.07, 6.45) is 5.45. The van der Waals surface area contributed by atoms with Gasteiger partial charge in [0.05, 0.1) is 11.7 Å². The summed E-state index contributed by atoms with van der Waals surface area (Å²) in [5.41, 5.74) is 0.972. The van der Waals surface area contributed by atoms with Gasteiger partial charge in [0, 0.05) is 38.2 Å². The number of likely N-dealkylation sites (tertiary alicyclic amines) is 1. The lowest BCUT2D eigenvalue weighted by Gasteiger charge is -2.32. The molecule has 6 heteroatoms. The van der Waals surface area contributed by atoms with Crippen molar-refractivity contribution in [2.75, 3.05) is 26.2 Å². The van der Waals surface area contributed by atoms with E-state index in [0.29, 0.717) is 43.1 Å². The van der Waals surface area contributed by atoms with Gasteiger partial charge >= 0.3 is 0 Å². The van der Waals surface area contributed by atoms with E-state index in [9.17, 15) is 14.4 Å². The zero-order valence-corrected chi connectivity index (χ0v) is 16.6.